The van der Waals surface area contributed by atoms with Crippen LogP contribution in [0.1, 0.15) is 18.1 Å². The SMILES string of the molecule is CCN(C(=O)C[NH+](C)Cc1ccc(SC)cc1)c1c(N)n(Cc2ccccc2)c(=O)[nH]c1=O. The molecule has 3 rings (SSSR count). The van der Waals surface area contributed by atoms with Crippen molar-refractivity contribution >= 4 is 29.2 Å². The number of nitrogens with one attached hydrogen (secondary N) is 2. The van der Waals surface area contributed by atoms with E-state index in [0.717, 1.165) is 16.0 Å². The number of nitrogen functional groups attached to an aromatic ring is 1. The summed E-state index contributed by atoms with van der Waals surface area (Å²) >= 11 is 1.68. The predicted octanol–water partition coefficient (Wildman–Crippen LogP) is 0.957. The zero-order valence-electron chi connectivity index (χ0n) is 19.1. The van der Waals surface area contributed by atoms with E-state index in [1.54, 1.807) is 18.7 Å². The van der Waals surface area contributed by atoms with Crippen LogP contribution in [-0.4, -0.2) is 41.9 Å². The molecule has 0 saturated heterocycles. The highest BCUT2D eigenvalue weighted by molar-refractivity contribution is 7.98. The van der Waals surface area contributed by atoms with Crippen molar-refractivity contribution in [2.24, 2.45) is 0 Å². The van der Waals surface area contributed by atoms with E-state index in [9.17, 15) is 14.4 Å². The van der Waals surface area contributed by atoms with E-state index in [-0.39, 0.29) is 37.0 Å². The fraction of sp³-hybridized carbons (Fsp3) is 0.292. The zero-order valence-corrected chi connectivity index (χ0v) is 19.9. The van der Waals surface area contributed by atoms with Gasteiger partial charge in [0.1, 0.15) is 12.4 Å². The predicted molar refractivity (Wildman–Crippen MR) is 133 cm³/mol. The third-order valence-electron chi connectivity index (χ3n) is 5.40. The molecule has 4 N–H and O–H groups in total. The molecule has 1 unspecified atom stereocenters. The average molecular weight is 469 g/mol. The van der Waals surface area contributed by atoms with Crippen LogP contribution >= 0.6 is 11.8 Å². The first-order chi connectivity index (χ1) is 15.8. The van der Waals surface area contributed by atoms with Crippen LogP contribution in [0, 0.1) is 0 Å². The Morgan fingerprint density at radius 2 is 1.76 bits per heavy atom. The fourth-order valence-electron chi connectivity index (χ4n) is 3.73. The van der Waals surface area contributed by atoms with Crippen LogP contribution < -0.4 is 26.8 Å². The molecular formula is C24H30N5O3S+. The number of carbonyl (C=O) groups excluding carboxylic acids is 1. The van der Waals surface area contributed by atoms with Gasteiger partial charge in [-0.15, -0.1) is 11.8 Å². The third-order valence-corrected chi connectivity index (χ3v) is 6.15. The summed E-state index contributed by atoms with van der Waals surface area (Å²) in [6.07, 6.45) is 2.03. The summed E-state index contributed by atoms with van der Waals surface area (Å²) in [6.45, 7) is 3.07. The summed E-state index contributed by atoms with van der Waals surface area (Å²) in [5.41, 5.74) is 6.98. The van der Waals surface area contributed by atoms with Crippen LogP contribution in [0.15, 0.2) is 69.1 Å². The number of aromatic nitrogens is 2. The minimum atomic E-state index is -0.665. The number of amides is 1. The van der Waals surface area contributed by atoms with E-state index in [4.69, 9.17) is 5.73 Å². The Labute approximate surface area is 197 Å². The van der Waals surface area contributed by atoms with Crippen LogP contribution in [0.4, 0.5) is 11.5 Å². The number of H-pyrrole nitrogens is 1. The highest BCUT2D eigenvalue weighted by Gasteiger charge is 2.25. The van der Waals surface area contributed by atoms with E-state index >= 15 is 0 Å². The molecule has 0 saturated carbocycles. The number of nitrogens with zero attached hydrogens (tertiary/aromatic N) is 2. The van der Waals surface area contributed by atoms with Gasteiger partial charge in [-0.2, -0.15) is 0 Å². The van der Waals surface area contributed by atoms with E-state index in [1.807, 2.05) is 43.6 Å². The lowest BCUT2D eigenvalue weighted by Crippen LogP contribution is -3.09. The maximum Gasteiger partial charge on any atom is 0.330 e. The molecule has 3 aromatic rings. The first kappa shape index (κ1) is 24.3. The highest BCUT2D eigenvalue weighted by atomic mass is 32.2. The molecule has 1 aromatic heterocycles. The number of rotatable bonds is 9. The lowest BCUT2D eigenvalue weighted by molar-refractivity contribution is -0.885. The van der Waals surface area contributed by atoms with Crippen molar-refractivity contribution in [2.75, 3.05) is 37.0 Å². The number of likely N-dealkylation sites (N-methyl/N-ethyl adjacent to an activating group) is 2. The van der Waals surface area contributed by atoms with Gasteiger partial charge in [0.2, 0.25) is 0 Å². The molecule has 2 aromatic carbocycles. The number of hydrogen-bond acceptors (Lipinski definition) is 5. The fourth-order valence-corrected chi connectivity index (χ4v) is 4.14. The van der Waals surface area contributed by atoms with Crippen molar-refractivity contribution in [3.8, 4) is 0 Å². The first-order valence-corrected chi connectivity index (χ1v) is 12.0. The maximum atomic E-state index is 13.1. The number of aromatic amines is 1. The summed E-state index contributed by atoms with van der Waals surface area (Å²) in [7, 11) is 1.93. The van der Waals surface area contributed by atoms with Gasteiger partial charge in [0, 0.05) is 17.0 Å². The van der Waals surface area contributed by atoms with Crippen molar-refractivity contribution in [1.82, 2.24) is 9.55 Å². The summed E-state index contributed by atoms with van der Waals surface area (Å²) in [4.78, 5) is 44.1. The molecular weight excluding hydrogens is 438 g/mol. The Hall–Kier alpha value is -3.30. The Bertz CT molecular complexity index is 1210. The first-order valence-electron chi connectivity index (χ1n) is 10.7. The van der Waals surface area contributed by atoms with E-state index in [2.05, 4.69) is 29.2 Å². The molecule has 1 heterocycles. The van der Waals surface area contributed by atoms with E-state index in [0.29, 0.717) is 6.54 Å². The summed E-state index contributed by atoms with van der Waals surface area (Å²) in [5, 5.41) is 0. The molecule has 0 spiro atoms. The molecule has 1 amide bonds. The Balaban J connectivity index is 1.82. The largest absolute Gasteiger partial charge is 0.383 e. The quantitative estimate of drug-likeness (QED) is 0.406. The van der Waals surface area contributed by atoms with Crippen LogP contribution in [0.3, 0.4) is 0 Å². The zero-order chi connectivity index (χ0) is 24.0. The van der Waals surface area contributed by atoms with Crippen molar-refractivity contribution in [3.05, 3.63) is 86.6 Å². The second-order valence-corrected chi connectivity index (χ2v) is 8.74. The molecule has 8 nitrogen and oxygen atoms in total. The summed E-state index contributed by atoms with van der Waals surface area (Å²) in [5.74, 6) is -0.258. The van der Waals surface area contributed by atoms with Crippen LogP contribution in [0.5, 0.6) is 0 Å². The molecule has 9 heteroatoms. The minimum absolute atomic E-state index is 0.00940. The standard InChI is InChI=1S/C24H29N5O3S/c1-4-28(20(30)16-27(2)14-18-10-12-19(33-3)13-11-18)21-22(25)29(24(32)26-23(21)31)15-17-8-6-5-7-9-17/h5-13H,4,14-16,25H2,1-3H3,(H,26,31,32)/p+1. The maximum absolute atomic E-state index is 13.1. The molecule has 0 fully saturated rings. The van der Waals surface area contributed by atoms with E-state index in [1.165, 1.54) is 14.4 Å². The molecule has 0 radical (unpaired) electrons. The molecule has 0 aliphatic heterocycles. The topological polar surface area (TPSA) is 106 Å². The van der Waals surface area contributed by atoms with Crippen molar-refractivity contribution in [3.63, 3.8) is 0 Å². The van der Waals surface area contributed by atoms with Crippen LogP contribution in [0.25, 0.3) is 0 Å². The number of quaternary nitrogens is 1. The smallest absolute Gasteiger partial charge is 0.330 e. The van der Waals surface area contributed by atoms with Gasteiger partial charge in [0.25, 0.3) is 11.5 Å². The summed E-state index contributed by atoms with van der Waals surface area (Å²) in [6, 6.07) is 17.6. The molecule has 0 aliphatic carbocycles. The highest BCUT2D eigenvalue weighted by Crippen LogP contribution is 2.18. The number of anilines is 2. The number of benzene rings is 2. The number of carbonyl (C=O) groups is 1. The Morgan fingerprint density at radius 3 is 2.36 bits per heavy atom. The van der Waals surface area contributed by atoms with Gasteiger partial charge in [-0.05, 0) is 30.9 Å². The monoisotopic (exact) mass is 468 g/mol. The van der Waals surface area contributed by atoms with Gasteiger partial charge in [0.05, 0.1) is 13.6 Å². The van der Waals surface area contributed by atoms with Crippen LogP contribution in [0.2, 0.25) is 0 Å². The van der Waals surface area contributed by atoms with Gasteiger partial charge in [-0.25, -0.2) is 4.79 Å². The van der Waals surface area contributed by atoms with Crippen LogP contribution in [-0.2, 0) is 17.9 Å². The third kappa shape index (κ3) is 5.94. The van der Waals surface area contributed by atoms with E-state index < -0.39 is 11.2 Å². The number of hydrogen-bond donors (Lipinski definition) is 3. The number of thioether (sulfide) groups is 1. The average Bonchev–Trinajstić information content (AvgIpc) is 2.80. The van der Waals surface area contributed by atoms with Gasteiger partial charge in [0.15, 0.2) is 12.2 Å². The van der Waals surface area contributed by atoms with Crippen molar-refractivity contribution in [2.45, 2.75) is 24.9 Å². The van der Waals surface area contributed by atoms with Gasteiger partial charge < -0.3 is 10.6 Å². The lowest BCUT2D eigenvalue weighted by Gasteiger charge is -2.24. The van der Waals surface area contributed by atoms with Crippen molar-refractivity contribution < 1.29 is 9.69 Å². The van der Waals surface area contributed by atoms with Gasteiger partial charge in [-0.3, -0.25) is 24.0 Å². The number of nitrogens with two attached hydrogens (primary N) is 1. The molecule has 1 atom stereocenters. The Morgan fingerprint density at radius 1 is 1.09 bits per heavy atom. The molecule has 0 aliphatic rings. The van der Waals surface area contributed by atoms with Crippen molar-refractivity contribution in [1.29, 1.82) is 0 Å². The molecule has 0 bridgehead atoms. The second kappa shape index (κ2) is 11.0. The Kier molecular flexibility index (Phi) is 8.13. The minimum Gasteiger partial charge on any atom is -0.383 e. The molecule has 33 heavy (non-hydrogen) atoms. The summed E-state index contributed by atoms with van der Waals surface area (Å²) < 4.78 is 1.28. The molecule has 174 valence electrons. The lowest BCUT2D eigenvalue weighted by atomic mass is 10.2. The normalized spacial score (nSPS) is 11.8. The van der Waals surface area contributed by atoms with Gasteiger partial charge >= 0.3 is 5.69 Å². The van der Waals surface area contributed by atoms with Gasteiger partial charge in [-0.1, -0.05) is 42.5 Å². The second-order valence-electron chi connectivity index (χ2n) is 7.86.